The summed E-state index contributed by atoms with van der Waals surface area (Å²) >= 11 is 5.78. The smallest absolute Gasteiger partial charge is 0.221 e. The number of hydrogen-bond donors (Lipinski definition) is 1. The van der Waals surface area contributed by atoms with Gasteiger partial charge in [0.25, 0.3) is 0 Å². The summed E-state index contributed by atoms with van der Waals surface area (Å²) in [5, 5.41) is 3.22. The number of carbonyl (C=O) groups is 3. The Morgan fingerprint density at radius 3 is 2.15 bits per heavy atom. The highest BCUT2D eigenvalue weighted by atomic mass is 35.5. The summed E-state index contributed by atoms with van der Waals surface area (Å²) in [5.74, 6) is 5.42. The monoisotopic (exact) mass is 367 g/mol. The van der Waals surface area contributed by atoms with Gasteiger partial charge in [-0.2, -0.15) is 0 Å². The van der Waals surface area contributed by atoms with Crippen LogP contribution in [0.3, 0.4) is 0 Å². The van der Waals surface area contributed by atoms with Crippen LogP contribution in [-0.4, -0.2) is 24.0 Å². The van der Waals surface area contributed by atoms with Crippen molar-refractivity contribution in [1.82, 2.24) is 5.32 Å². The predicted molar refractivity (Wildman–Crippen MR) is 101 cm³/mol. The first-order chi connectivity index (χ1) is 12.5. The average molecular weight is 368 g/mol. The number of ketones is 2. The molecule has 4 nitrogen and oxygen atoms in total. The van der Waals surface area contributed by atoms with Crippen LogP contribution in [-0.2, 0) is 4.79 Å². The number of carbonyl (C=O) groups excluding carboxylic acids is 3. The zero-order valence-electron chi connectivity index (χ0n) is 14.3. The molecule has 2 aromatic rings. The third kappa shape index (κ3) is 6.19. The zero-order chi connectivity index (χ0) is 18.9. The number of benzene rings is 2. The highest BCUT2D eigenvalue weighted by molar-refractivity contribution is 6.30. The number of Topliss-reactive ketones (excluding diaryl/α,β-unsaturated/α-hetero) is 2. The normalized spacial score (nSPS) is 9.77. The molecule has 0 bridgehead atoms. The molecule has 0 saturated carbocycles. The van der Waals surface area contributed by atoms with Crippen LogP contribution in [0.2, 0.25) is 5.02 Å². The molecule has 132 valence electrons. The van der Waals surface area contributed by atoms with Gasteiger partial charge in [-0.25, -0.2) is 0 Å². The minimum Gasteiger partial charge on any atom is -0.345 e. The van der Waals surface area contributed by atoms with Gasteiger partial charge in [0.2, 0.25) is 5.91 Å². The lowest BCUT2D eigenvalue weighted by Crippen LogP contribution is -2.24. The van der Waals surface area contributed by atoms with Gasteiger partial charge in [-0.05, 0) is 43.3 Å². The summed E-state index contributed by atoms with van der Waals surface area (Å²) in [4.78, 5) is 34.9. The highest BCUT2D eigenvalue weighted by Gasteiger charge is 2.08. The lowest BCUT2D eigenvalue weighted by atomic mass is 10.1. The maximum atomic E-state index is 12.0. The average Bonchev–Trinajstić information content (AvgIpc) is 2.64. The second-order valence-corrected chi connectivity index (χ2v) is 6.08. The number of halogens is 1. The second kappa shape index (κ2) is 9.55. The van der Waals surface area contributed by atoms with E-state index < -0.39 is 0 Å². The Balaban J connectivity index is 1.74. The van der Waals surface area contributed by atoms with E-state index in [1.54, 1.807) is 48.5 Å². The number of hydrogen-bond acceptors (Lipinski definition) is 3. The van der Waals surface area contributed by atoms with Gasteiger partial charge in [-0.15, -0.1) is 0 Å². The Hall–Kier alpha value is -2.90. The van der Waals surface area contributed by atoms with Crippen molar-refractivity contribution in [2.24, 2.45) is 0 Å². The van der Waals surface area contributed by atoms with Gasteiger partial charge in [0, 0.05) is 34.6 Å². The van der Waals surface area contributed by atoms with Gasteiger partial charge >= 0.3 is 0 Å². The molecular formula is C21H18ClNO3. The van der Waals surface area contributed by atoms with Crippen molar-refractivity contribution in [1.29, 1.82) is 0 Å². The van der Waals surface area contributed by atoms with Crippen molar-refractivity contribution in [3.05, 3.63) is 70.2 Å². The number of nitrogens with one attached hydrogen (secondary N) is 1. The van der Waals surface area contributed by atoms with Crippen LogP contribution in [0.15, 0.2) is 48.5 Å². The maximum Gasteiger partial charge on any atom is 0.221 e. The number of amides is 1. The van der Waals surface area contributed by atoms with Crippen LogP contribution in [0, 0.1) is 11.8 Å². The standard InChI is InChI=1S/C21H18ClNO3/c1-15(24)17-6-4-16(5-7-17)3-2-14-23-21(26)13-12-20(25)18-8-10-19(22)11-9-18/h4-11H,12-14H2,1H3,(H,23,26). The summed E-state index contributed by atoms with van der Waals surface area (Å²) in [6, 6.07) is 13.5. The molecule has 1 N–H and O–H groups in total. The van der Waals surface area contributed by atoms with Gasteiger partial charge in [0.15, 0.2) is 11.6 Å². The minimum atomic E-state index is -0.228. The first kappa shape index (κ1) is 19.4. The molecule has 26 heavy (non-hydrogen) atoms. The zero-order valence-corrected chi connectivity index (χ0v) is 15.1. The van der Waals surface area contributed by atoms with Crippen molar-refractivity contribution in [3.63, 3.8) is 0 Å². The van der Waals surface area contributed by atoms with E-state index in [-0.39, 0.29) is 36.9 Å². The van der Waals surface area contributed by atoms with Crippen LogP contribution in [0.25, 0.3) is 0 Å². The molecule has 0 spiro atoms. The van der Waals surface area contributed by atoms with E-state index in [0.29, 0.717) is 16.1 Å². The SMILES string of the molecule is CC(=O)c1ccc(C#CCNC(=O)CCC(=O)c2ccc(Cl)cc2)cc1. The molecule has 0 aliphatic heterocycles. The van der Waals surface area contributed by atoms with E-state index in [1.807, 2.05) is 0 Å². The quantitative estimate of drug-likeness (QED) is 0.625. The van der Waals surface area contributed by atoms with E-state index in [9.17, 15) is 14.4 Å². The van der Waals surface area contributed by atoms with Crippen molar-refractivity contribution < 1.29 is 14.4 Å². The fourth-order valence-corrected chi connectivity index (χ4v) is 2.30. The number of rotatable bonds is 6. The largest absolute Gasteiger partial charge is 0.345 e. The molecule has 2 aromatic carbocycles. The fourth-order valence-electron chi connectivity index (χ4n) is 2.17. The molecule has 0 saturated heterocycles. The van der Waals surface area contributed by atoms with Crippen molar-refractivity contribution in [3.8, 4) is 11.8 Å². The Labute approximate surface area is 157 Å². The molecule has 0 heterocycles. The van der Waals surface area contributed by atoms with Crippen molar-refractivity contribution in [2.45, 2.75) is 19.8 Å². The Kier molecular flexibility index (Phi) is 7.13. The second-order valence-electron chi connectivity index (χ2n) is 5.64. The minimum absolute atomic E-state index is 0.00456. The maximum absolute atomic E-state index is 12.0. The summed E-state index contributed by atoms with van der Waals surface area (Å²) in [5.41, 5.74) is 1.94. The highest BCUT2D eigenvalue weighted by Crippen LogP contribution is 2.11. The van der Waals surface area contributed by atoms with Gasteiger partial charge in [-0.1, -0.05) is 35.6 Å². The Bertz CT molecular complexity index is 859. The van der Waals surface area contributed by atoms with Crippen molar-refractivity contribution in [2.75, 3.05) is 6.54 Å². The van der Waals surface area contributed by atoms with E-state index in [4.69, 9.17) is 11.6 Å². The van der Waals surface area contributed by atoms with Crippen LogP contribution in [0.1, 0.15) is 46.0 Å². The molecule has 1 amide bonds. The summed E-state index contributed by atoms with van der Waals surface area (Å²) < 4.78 is 0. The topological polar surface area (TPSA) is 63.2 Å². The molecule has 0 unspecified atom stereocenters. The van der Waals surface area contributed by atoms with Gasteiger partial charge in [0.05, 0.1) is 6.54 Å². The Morgan fingerprint density at radius 1 is 0.923 bits per heavy atom. The molecule has 5 heteroatoms. The first-order valence-corrected chi connectivity index (χ1v) is 8.49. The molecule has 0 aliphatic rings. The third-order valence-corrected chi connectivity index (χ3v) is 3.90. The molecule has 0 radical (unpaired) electrons. The Morgan fingerprint density at radius 2 is 1.54 bits per heavy atom. The van der Waals surface area contributed by atoms with Crippen LogP contribution < -0.4 is 5.32 Å². The first-order valence-electron chi connectivity index (χ1n) is 8.11. The summed E-state index contributed by atoms with van der Waals surface area (Å²) in [6.07, 6.45) is 0.240. The van der Waals surface area contributed by atoms with E-state index in [2.05, 4.69) is 17.2 Å². The molecule has 2 rings (SSSR count). The van der Waals surface area contributed by atoms with Crippen LogP contribution >= 0.6 is 11.6 Å². The fraction of sp³-hybridized carbons (Fsp3) is 0.190. The summed E-state index contributed by atoms with van der Waals surface area (Å²) in [7, 11) is 0. The molecule has 0 fully saturated rings. The molecular weight excluding hydrogens is 350 g/mol. The van der Waals surface area contributed by atoms with E-state index >= 15 is 0 Å². The van der Waals surface area contributed by atoms with Gasteiger partial charge in [0.1, 0.15) is 0 Å². The van der Waals surface area contributed by atoms with Crippen LogP contribution in [0.4, 0.5) is 0 Å². The third-order valence-electron chi connectivity index (χ3n) is 3.64. The van der Waals surface area contributed by atoms with E-state index in [0.717, 1.165) is 5.56 Å². The van der Waals surface area contributed by atoms with E-state index in [1.165, 1.54) is 6.92 Å². The summed E-state index contributed by atoms with van der Waals surface area (Å²) in [6.45, 7) is 1.70. The van der Waals surface area contributed by atoms with Crippen molar-refractivity contribution >= 4 is 29.1 Å². The van der Waals surface area contributed by atoms with Crippen LogP contribution in [0.5, 0.6) is 0 Å². The lowest BCUT2D eigenvalue weighted by Gasteiger charge is -2.02. The lowest BCUT2D eigenvalue weighted by molar-refractivity contribution is -0.120. The molecule has 0 atom stereocenters. The molecule has 0 aromatic heterocycles. The predicted octanol–water partition coefficient (Wildman–Crippen LogP) is 3.67. The van der Waals surface area contributed by atoms with Gasteiger partial charge < -0.3 is 5.32 Å². The molecule has 0 aliphatic carbocycles. The van der Waals surface area contributed by atoms with Gasteiger partial charge in [-0.3, -0.25) is 14.4 Å².